The maximum atomic E-state index is 14.7. The number of amides is 2. The van der Waals surface area contributed by atoms with Crippen LogP contribution in [0.25, 0.3) is 0 Å². The standard InChI is InChI=1S/C24H32FN5O5S.C23H30FN5O5S/c1-24(2,3)35-23(31)29-11-8-16(9-12-29)30-10-5-13-34-20-21(26-15-27-22(20)30)28-19-7-6-17(14-18(19)25)36(4,32)33;1-15(2)34-23(30)28-10-7-16(8-11-28)29-9-4-12-33-20-21(25-14-26-22(20)29)27-19-6-5-17(13-18(19)24)35(3,31)32/h6-7,14-16H,5,8-13H2,1-4H3,(H,26,27,28);5-6,13-16H,4,7-12H2,1-3H3,(H,25,26,27). The average Bonchev–Trinajstić information content (AvgIpc) is 3.67. The van der Waals surface area contributed by atoms with Gasteiger partial charge in [-0.25, -0.2) is 55.1 Å². The normalized spacial score (nSPS) is 17.0. The zero-order chi connectivity index (χ0) is 51.3. The van der Waals surface area contributed by atoms with Crippen LogP contribution in [0.5, 0.6) is 11.5 Å². The first-order chi connectivity index (χ1) is 33.6. The first-order valence-corrected chi connectivity index (χ1v) is 27.3. The Hall–Kier alpha value is -6.30. The van der Waals surface area contributed by atoms with Crippen molar-refractivity contribution in [2.45, 2.75) is 107 Å². The summed E-state index contributed by atoms with van der Waals surface area (Å²) in [6.07, 6.45) is 8.59. The van der Waals surface area contributed by atoms with Crippen LogP contribution in [-0.2, 0) is 29.1 Å². The largest absolute Gasteiger partial charge is 0.486 e. The van der Waals surface area contributed by atoms with Crippen LogP contribution in [0.15, 0.2) is 58.8 Å². The second kappa shape index (κ2) is 22.0. The number of ether oxygens (including phenoxy) is 4. The van der Waals surface area contributed by atoms with Gasteiger partial charge in [0.15, 0.2) is 42.9 Å². The van der Waals surface area contributed by atoms with E-state index in [-0.39, 0.29) is 51.5 Å². The van der Waals surface area contributed by atoms with Crippen molar-refractivity contribution in [2.24, 2.45) is 0 Å². The van der Waals surface area contributed by atoms with Crippen LogP contribution in [0.1, 0.15) is 73.1 Å². The number of fused-ring (bicyclic) bond motifs is 2. The van der Waals surface area contributed by atoms with E-state index in [0.717, 1.165) is 76.3 Å². The number of aromatic nitrogens is 4. The Balaban J connectivity index is 0.000000209. The third kappa shape index (κ3) is 13.4. The monoisotopic (exact) mass is 1030 g/mol. The van der Waals surface area contributed by atoms with Gasteiger partial charge >= 0.3 is 12.2 Å². The van der Waals surface area contributed by atoms with Gasteiger partial charge in [-0.2, -0.15) is 0 Å². The van der Waals surface area contributed by atoms with Gasteiger partial charge < -0.3 is 49.2 Å². The fraction of sp³-hybridized carbons (Fsp3) is 0.532. The highest BCUT2D eigenvalue weighted by atomic mass is 32.2. The van der Waals surface area contributed by atoms with E-state index in [0.29, 0.717) is 74.2 Å². The lowest BCUT2D eigenvalue weighted by atomic mass is 10.0. The molecule has 0 bridgehead atoms. The molecule has 0 spiro atoms. The molecular weight excluding hydrogens is 967 g/mol. The summed E-state index contributed by atoms with van der Waals surface area (Å²) in [6.45, 7) is 13.8. The highest BCUT2D eigenvalue weighted by Crippen LogP contribution is 2.40. The fourth-order valence-corrected chi connectivity index (χ4v) is 9.82. The van der Waals surface area contributed by atoms with E-state index in [4.69, 9.17) is 18.9 Å². The smallest absolute Gasteiger partial charge is 0.410 e. The minimum atomic E-state index is -3.53. The Morgan fingerprint density at radius 2 is 1.07 bits per heavy atom. The number of nitrogens with zero attached hydrogens (tertiary/aromatic N) is 8. The van der Waals surface area contributed by atoms with E-state index in [1.165, 1.54) is 36.9 Å². The Morgan fingerprint density at radius 1 is 0.662 bits per heavy atom. The van der Waals surface area contributed by atoms with Crippen LogP contribution in [0, 0.1) is 11.6 Å². The van der Waals surface area contributed by atoms with Gasteiger partial charge in [0.05, 0.1) is 40.5 Å². The predicted molar refractivity (Wildman–Crippen MR) is 262 cm³/mol. The van der Waals surface area contributed by atoms with Crippen molar-refractivity contribution >= 4 is 66.5 Å². The van der Waals surface area contributed by atoms with Crippen molar-refractivity contribution in [3.63, 3.8) is 0 Å². The van der Waals surface area contributed by atoms with Gasteiger partial charge in [-0.3, -0.25) is 0 Å². The van der Waals surface area contributed by atoms with Crippen molar-refractivity contribution in [3.8, 4) is 11.5 Å². The maximum Gasteiger partial charge on any atom is 0.410 e. The predicted octanol–water partition coefficient (Wildman–Crippen LogP) is 7.11. The summed E-state index contributed by atoms with van der Waals surface area (Å²) in [5.74, 6) is 1.20. The molecule has 8 rings (SSSR count). The molecule has 2 fully saturated rings. The van der Waals surface area contributed by atoms with Crippen LogP contribution in [0.4, 0.5) is 53.0 Å². The number of nitrogens with one attached hydrogen (secondary N) is 2. The number of hydrogen-bond acceptors (Lipinski definition) is 18. The van der Waals surface area contributed by atoms with Crippen LogP contribution < -0.4 is 29.9 Å². The quantitative estimate of drug-likeness (QED) is 0.170. The van der Waals surface area contributed by atoms with Crippen LogP contribution in [0.3, 0.4) is 0 Å². The highest BCUT2D eigenvalue weighted by Gasteiger charge is 2.35. The molecule has 4 aliphatic rings. The van der Waals surface area contributed by atoms with Gasteiger partial charge in [0.25, 0.3) is 0 Å². The lowest BCUT2D eigenvalue weighted by Crippen LogP contribution is -2.48. The third-order valence-corrected chi connectivity index (χ3v) is 14.2. The Kier molecular flexibility index (Phi) is 16.3. The van der Waals surface area contributed by atoms with Gasteiger partial charge in [-0.15, -0.1) is 0 Å². The SMILES string of the molecule is CC(C)(C)OC(=O)N1CCC(N2CCCOc3c(Nc4ccc(S(C)(=O)=O)cc4F)ncnc32)CC1.CC(C)OC(=O)N1CCC(N2CCCOc3c(Nc4ccc(S(C)(=O)=O)cc4F)ncnc32)CC1. The zero-order valence-electron chi connectivity index (χ0n) is 41.0. The first kappa shape index (κ1) is 52.5. The first-order valence-electron chi connectivity index (χ1n) is 23.5. The number of halogens is 2. The average molecular weight is 1030 g/mol. The Labute approximate surface area is 413 Å². The second-order valence-corrected chi connectivity index (χ2v) is 23.0. The third-order valence-electron chi connectivity index (χ3n) is 12.0. The van der Waals surface area contributed by atoms with Crippen LogP contribution in [0.2, 0.25) is 0 Å². The summed E-state index contributed by atoms with van der Waals surface area (Å²) in [6, 6.07) is 7.64. The highest BCUT2D eigenvalue weighted by molar-refractivity contribution is 7.91. The molecule has 2 N–H and O–H groups in total. The number of likely N-dealkylation sites (tertiary alicyclic amines) is 2. The molecular formula is C47H62F2N10O10S2. The molecule has 24 heteroatoms. The topological polar surface area (TPSA) is 228 Å². The summed E-state index contributed by atoms with van der Waals surface area (Å²) in [5.41, 5.74) is -0.386. The number of rotatable bonds is 9. The summed E-state index contributed by atoms with van der Waals surface area (Å²) >= 11 is 0. The lowest BCUT2D eigenvalue weighted by Gasteiger charge is -2.39. The lowest BCUT2D eigenvalue weighted by molar-refractivity contribution is 0.0204. The van der Waals surface area contributed by atoms with Crippen molar-refractivity contribution < 1.29 is 54.2 Å². The number of carbonyl (C=O) groups is 2. The molecule has 0 radical (unpaired) electrons. The number of sulfone groups is 2. The van der Waals surface area contributed by atoms with Crippen molar-refractivity contribution in [2.75, 3.05) is 85.4 Å². The van der Waals surface area contributed by atoms with Crippen molar-refractivity contribution in [1.29, 1.82) is 0 Å². The minimum Gasteiger partial charge on any atom is -0.486 e. The Bertz CT molecular complexity index is 2790. The summed E-state index contributed by atoms with van der Waals surface area (Å²) in [7, 11) is -7.06. The van der Waals surface area contributed by atoms with E-state index in [1.807, 2.05) is 34.6 Å². The van der Waals surface area contributed by atoms with Gasteiger partial charge in [0.1, 0.15) is 29.9 Å². The number of hydrogen-bond donors (Lipinski definition) is 2. The number of piperidine rings is 2. The summed E-state index contributed by atoms with van der Waals surface area (Å²) in [4.78, 5) is 49.7. The second-order valence-electron chi connectivity index (χ2n) is 19.0. The molecule has 0 saturated carbocycles. The molecule has 71 heavy (non-hydrogen) atoms. The molecule has 4 aromatic rings. The van der Waals surface area contributed by atoms with E-state index >= 15 is 0 Å². The molecule has 2 aromatic heterocycles. The minimum absolute atomic E-state index is 0.0772. The molecule has 0 unspecified atom stereocenters. The molecule has 2 saturated heterocycles. The van der Waals surface area contributed by atoms with Gasteiger partial charge in [0, 0.05) is 63.9 Å². The molecule has 386 valence electrons. The molecule has 2 aromatic carbocycles. The molecule has 0 atom stereocenters. The van der Waals surface area contributed by atoms with E-state index < -0.39 is 36.9 Å². The van der Waals surface area contributed by atoms with Crippen LogP contribution in [-0.4, -0.2) is 148 Å². The van der Waals surface area contributed by atoms with Crippen molar-refractivity contribution in [3.05, 3.63) is 60.7 Å². The van der Waals surface area contributed by atoms with Gasteiger partial charge in [-0.05, 0) is 110 Å². The van der Waals surface area contributed by atoms with Crippen LogP contribution >= 0.6 is 0 Å². The van der Waals surface area contributed by atoms with Crippen molar-refractivity contribution in [1.82, 2.24) is 29.7 Å². The molecule has 6 heterocycles. The molecule has 4 aliphatic heterocycles. The van der Waals surface area contributed by atoms with E-state index in [1.54, 1.807) is 9.80 Å². The summed E-state index contributed by atoms with van der Waals surface area (Å²) < 4.78 is 99.0. The molecule has 0 aliphatic carbocycles. The van der Waals surface area contributed by atoms with E-state index in [9.17, 15) is 35.2 Å². The van der Waals surface area contributed by atoms with Gasteiger partial charge in [0.2, 0.25) is 11.5 Å². The summed E-state index contributed by atoms with van der Waals surface area (Å²) in [5, 5.41) is 5.86. The van der Waals surface area contributed by atoms with E-state index in [2.05, 4.69) is 40.4 Å². The number of benzene rings is 2. The Morgan fingerprint density at radius 3 is 1.44 bits per heavy atom. The number of anilines is 6. The number of carbonyl (C=O) groups excluding carboxylic acids is 2. The van der Waals surface area contributed by atoms with Gasteiger partial charge in [-0.1, -0.05) is 0 Å². The molecule has 2 amide bonds. The molecule has 20 nitrogen and oxygen atoms in total. The fourth-order valence-electron chi connectivity index (χ4n) is 8.56. The zero-order valence-corrected chi connectivity index (χ0v) is 42.6. The maximum absolute atomic E-state index is 14.7.